The van der Waals surface area contributed by atoms with E-state index in [0.29, 0.717) is 13.0 Å². The summed E-state index contributed by atoms with van der Waals surface area (Å²) in [7, 11) is -0.466. The zero-order valence-corrected chi connectivity index (χ0v) is 17.8. The molecule has 0 spiro atoms. The van der Waals surface area contributed by atoms with Crippen molar-refractivity contribution in [3.05, 3.63) is 62.6 Å². The minimum absolute atomic E-state index is 0.197. The molecule has 9 nitrogen and oxygen atoms in total. The van der Waals surface area contributed by atoms with Crippen molar-refractivity contribution in [1.82, 2.24) is 23.0 Å². The molecule has 156 valence electrons. The maximum absolute atomic E-state index is 12.5. The summed E-state index contributed by atoms with van der Waals surface area (Å²) in [6.45, 7) is 2.79. The van der Waals surface area contributed by atoms with Crippen LogP contribution in [-0.4, -0.2) is 50.8 Å². The normalized spacial score (nSPS) is 12.2. The van der Waals surface area contributed by atoms with Gasteiger partial charge in [0, 0.05) is 33.7 Å². The van der Waals surface area contributed by atoms with Crippen molar-refractivity contribution in [1.29, 1.82) is 0 Å². The second-order valence-corrected chi connectivity index (χ2v) is 9.20. The van der Waals surface area contributed by atoms with Crippen LogP contribution in [-0.2, 0) is 37.1 Å². The number of hydrogen-bond donors (Lipinski definition) is 0. The number of nitrogens with zero attached hydrogens (tertiary/aromatic N) is 5. The second-order valence-electron chi connectivity index (χ2n) is 7.21. The molecule has 0 amide bonds. The lowest BCUT2D eigenvalue weighted by molar-refractivity contribution is 0.400. The van der Waals surface area contributed by atoms with Crippen molar-refractivity contribution in [3.8, 4) is 0 Å². The zero-order valence-electron chi connectivity index (χ0n) is 17.0. The number of hydrogen-bond acceptors (Lipinski definition) is 5. The van der Waals surface area contributed by atoms with Gasteiger partial charge in [0.05, 0.1) is 12.6 Å². The summed E-state index contributed by atoms with van der Waals surface area (Å²) in [5.74, 6) is 0. The molecule has 0 fully saturated rings. The molecule has 10 heteroatoms. The highest BCUT2D eigenvalue weighted by Crippen LogP contribution is 2.09. The Balaban J connectivity index is 1.82. The maximum Gasteiger partial charge on any atom is 0.332 e. The lowest BCUT2D eigenvalue weighted by Crippen LogP contribution is -2.38. The first-order chi connectivity index (χ1) is 13.6. The molecule has 2 heterocycles. The van der Waals surface area contributed by atoms with Crippen molar-refractivity contribution in [2.24, 2.45) is 14.1 Å². The molecule has 29 heavy (non-hydrogen) atoms. The molecule has 0 aliphatic rings. The molecule has 0 aliphatic heterocycles. The Morgan fingerprint density at radius 2 is 1.69 bits per heavy atom. The predicted octanol–water partition coefficient (Wildman–Crippen LogP) is 0.246. The van der Waals surface area contributed by atoms with Crippen LogP contribution in [0.3, 0.4) is 0 Å². The van der Waals surface area contributed by atoms with E-state index in [4.69, 9.17) is 0 Å². The number of aromatic nitrogens is 4. The molecule has 0 aliphatic carbocycles. The van der Waals surface area contributed by atoms with E-state index < -0.39 is 21.3 Å². The van der Waals surface area contributed by atoms with Gasteiger partial charge in [-0.1, -0.05) is 29.8 Å². The first-order valence-corrected chi connectivity index (χ1v) is 11.1. The molecular formula is C19H25N5O4S. The Labute approximate surface area is 168 Å². The summed E-state index contributed by atoms with van der Waals surface area (Å²) < 4.78 is 29.8. The highest BCUT2D eigenvalue weighted by molar-refractivity contribution is 7.88. The summed E-state index contributed by atoms with van der Waals surface area (Å²) in [5.41, 5.74) is 1.86. The van der Waals surface area contributed by atoms with Crippen molar-refractivity contribution >= 4 is 21.2 Å². The van der Waals surface area contributed by atoms with Crippen LogP contribution in [0.15, 0.2) is 40.2 Å². The van der Waals surface area contributed by atoms with Gasteiger partial charge in [0.2, 0.25) is 10.0 Å². The molecule has 0 unspecified atom stereocenters. The fourth-order valence-electron chi connectivity index (χ4n) is 3.24. The average molecular weight is 420 g/mol. The smallest absolute Gasteiger partial charge is 0.323 e. The number of sulfonamides is 1. The lowest BCUT2D eigenvalue weighted by Gasteiger charge is -2.20. The number of benzene rings is 1. The highest BCUT2D eigenvalue weighted by atomic mass is 32.2. The van der Waals surface area contributed by atoms with Gasteiger partial charge < -0.3 is 4.57 Å². The van der Waals surface area contributed by atoms with Gasteiger partial charge in [-0.2, -0.15) is 0 Å². The first kappa shape index (κ1) is 21.0. The lowest BCUT2D eigenvalue weighted by atomic mass is 10.1. The molecule has 0 bridgehead atoms. The fraction of sp³-hybridized carbons (Fsp3) is 0.421. The van der Waals surface area contributed by atoms with E-state index in [0.717, 1.165) is 15.7 Å². The Hall–Kier alpha value is -2.72. The van der Waals surface area contributed by atoms with Gasteiger partial charge in [-0.05, 0) is 18.9 Å². The van der Waals surface area contributed by atoms with Gasteiger partial charge in [-0.25, -0.2) is 22.5 Å². The highest BCUT2D eigenvalue weighted by Gasteiger charge is 2.19. The van der Waals surface area contributed by atoms with Crippen LogP contribution < -0.4 is 11.2 Å². The minimum Gasteiger partial charge on any atom is -0.323 e. The van der Waals surface area contributed by atoms with Crippen molar-refractivity contribution in [2.45, 2.75) is 19.9 Å². The van der Waals surface area contributed by atoms with Crippen LogP contribution in [0.2, 0.25) is 0 Å². The van der Waals surface area contributed by atoms with Crippen LogP contribution in [0.4, 0.5) is 0 Å². The SMILES string of the molecule is Cc1ccc(CCN(CCn2cnc3c2c(=O)n(C)c(=O)n3C)S(C)(=O)=O)cc1. The van der Waals surface area contributed by atoms with E-state index in [-0.39, 0.29) is 24.3 Å². The Kier molecular flexibility index (Phi) is 5.76. The summed E-state index contributed by atoms with van der Waals surface area (Å²) in [6, 6.07) is 7.97. The van der Waals surface area contributed by atoms with Crippen LogP contribution >= 0.6 is 0 Å². The second kappa shape index (κ2) is 7.96. The van der Waals surface area contributed by atoms with Crippen LogP contribution in [0.25, 0.3) is 11.2 Å². The summed E-state index contributed by atoms with van der Waals surface area (Å²) in [4.78, 5) is 28.7. The van der Waals surface area contributed by atoms with E-state index in [9.17, 15) is 18.0 Å². The summed E-state index contributed by atoms with van der Waals surface area (Å²) >= 11 is 0. The van der Waals surface area contributed by atoms with Crippen molar-refractivity contribution in [2.75, 3.05) is 19.3 Å². The first-order valence-electron chi connectivity index (χ1n) is 9.21. The number of fused-ring (bicyclic) bond motifs is 1. The Morgan fingerprint density at radius 1 is 1.03 bits per heavy atom. The minimum atomic E-state index is -3.42. The van der Waals surface area contributed by atoms with Crippen molar-refractivity contribution in [3.63, 3.8) is 0 Å². The molecule has 0 saturated carbocycles. The standard InChI is InChI=1S/C19H25N5O4S/c1-14-5-7-15(8-6-14)9-10-24(29(4,27)28)12-11-23-13-20-17-16(23)18(25)22(3)19(26)21(17)2/h5-8,13H,9-12H2,1-4H3. The molecule has 0 atom stereocenters. The third kappa shape index (κ3) is 4.33. The van der Waals surface area contributed by atoms with Crippen LogP contribution in [0.5, 0.6) is 0 Å². The number of aryl methyl sites for hydroxylation is 2. The monoisotopic (exact) mass is 419 g/mol. The Bertz CT molecular complexity index is 1250. The molecular weight excluding hydrogens is 394 g/mol. The molecule has 3 aromatic rings. The molecule has 2 aromatic heterocycles. The van der Waals surface area contributed by atoms with Crippen molar-refractivity contribution < 1.29 is 8.42 Å². The van der Waals surface area contributed by atoms with E-state index in [2.05, 4.69) is 4.98 Å². The molecule has 0 saturated heterocycles. The fourth-order valence-corrected chi connectivity index (χ4v) is 4.07. The molecule has 3 rings (SSSR count). The molecule has 1 aromatic carbocycles. The largest absolute Gasteiger partial charge is 0.332 e. The number of rotatable bonds is 7. The third-order valence-corrected chi connectivity index (χ3v) is 6.35. The van der Waals surface area contributed by atoms with Gasteiger partial charge in [0.1, 0.15) is 0 Å². The van der Waals surface area contributed by atoms with Gasteiger partial charge in [-0.3, -0.25) is 13.9 Å². The predicted molar refractivity (Wildman–Crippen MR) is 112 cm³/mol. The van der Waals surface area contributed by atoms with Gasteiger partial charge in [-0.15, -0.1) is 0 Å². The van der Waals surface area contributed by atoms with E-state index in [1.165, 1.54) is 28.5 Å². The third-order valence-electron chi connectivity index (χ3n) is 5.05. The summed E-state index contributed by atoms with van der Waals surface area (Å²) in [5, 5.41) is 0. The molecule has 0 N–H and O–H groups in total. The van der Waals surface area contributed by atoms with Gasteiger partial charge >= 0.3 is 5.69 Å². The van der Waals surface area contributed by atoms with E-state index >= 15 is 0 Å². The molecule has 0 radical (unpaired) electrons. The van der Waals surface area contributed by atoms with Gasteiger partial charge in [0.15, 0.2) is 11.2 Å². The number of imidazole rings is 1. The Morgan fingerprint density at radius 3 is 2.31 bits per heavy atom. The van der Waals surface area contributed by atoms with E-state index in [1.54, 1.807) is 11.6 Å². The maximum atomic E-state index is 12.5. The average Bonchev–Trinajstić information content (AvgIpc) is 3.09. The summed E-state index contributed by atoms with van der Waals surface area (Å²) in [6.07, 6.45) is 3.23. The quantitative estimate of drug-likeness (QED) is 0.547. The van der Waals surface area contributed by atoms with E-state index in [1.807, 2.05) is 31.2 Å². The topological polar surface area (TPSA) is 99.2 Å². The van der Waals surface area contributed by atoms with Crippen LogP contribution in [0.1, 0.15) is 11.1 Å². The van der Waals surface area contributed by atoms with Gasteiger partial charge in [0.25, 0.3) is 5.56 Å². The zero-order chi connectivity index (χ0) is 21.3. The van der Waals surface area contributed by atoms with Crippen LogP contribution in [0, 0.1) is 6.92 Å².